The van der Waals surface area contributed by atoms with Gasteiger partial charge in [-0.25, -0.2) is 9.35 Å². The molecule has 0 radical (unpaired) electrons. The van der Waals surface area contributed by atoms with Crippen molar-refractivity contribution in [2.24, 2.45) is 5.10 Å². The normalized spacial score (nSPS) is 12.6. The summed E-state index contributed by atoms with van der Waals surface area (Å²) in [6, 6.07) is 66.6. The number of benzene rings is 8. The Balaban J connectivity index is 1.00. The zero-order chi connectivity index (χ0) is 41.9. The number of rotatable bonds is 8. The van der Waals surface area contributed by atoms with Crippen LogP contribution in [0.1, 0.15) is 11.1 Å². The van der Waals surface area contributed by atoms with Crippen LogP contribution in [-0.2, 0) is 12.8 Å². The van der Waals surface area contributed by atoms with Gasteiger partial charge in [-0.3, -0.25) is 4.68 Å². The summed E-state index contributed by atoms with van der Waals surface area (Å²) < 4.78 is 6.67. The second kappa shape index (κ2) is 15.1. The minimum Gasteiger partial charge on any atom is -0.264 e. The molecule has 0 atom stereocenters. The lowest BCUT2D eigenvalue weighted by atomic mass is 9.84. The maximum Gasteiger partial charge on any atom is 0.0738 e. The Hall–Kier alpha value is -8.21. The van der Waals surface area contributed by atoms with Crippen molar-refractivity contribution in [1.29, 1.82) is 0 Å². The van der Waals surface area contributed by atoms with Crippen LogP contribution in [0.4, 0.5) is 0 Å². The number of hydrogen-bond donors (Lipinski definition) is 0. The Morgan fingerprint density at radius 3 is 1.40 bits per heavy atom. The first-order chi connectivity index (χ1) is 31.2. The van der Waals surface area contributed by atoms with Crippen molar-refractivity contribution < 1.29 is 0 Å². The molecule has 4 heteroatoms. The molecule has 0 aliphatic heterocycles. The summed E-state index contributed by atoms with van der Waals surface area (Å²) in [6.45, 7) is 3.86. The van der Waals surface area contributed by atoms with Crippen LogP contribution in [0.5, 0.6) is 0 Å². The van der Waals surface area contributed by atoms with Crippen LogP contribution in [0, 0.1) is 0 Å². The molecular formula is C59H42N4. The first-order valence-electron chi connectivity index (χ1n) is 21.7. The lowest BCUT2D eigenvalue weighted by molar-refractivity contribution is 0.718. The van der Waals surface area contributed by atoms with E-state index in [1.807, 2.05) is 18.4 Å². The van der Waals surface area contributed by atoms with E-state index < -0.39 is 0 Å². The molecule has 0 N–H and O–H groups in total. The Morgan fingerprint density at radius 1 is 0.397 bits per heavy atom. The molecule has 298 valence electrons. The van der Waals surface area contributed by atoms with E-state index in [1.165, 1.54) is 99.3 Å². The second-order valence-corrected chi connectivity index (χ2v) is 16.5. The highest BCUT2D eigenvalue weighted by Gasteiger charge is 2.24. The van der Waals surface area contributed by atoms with Crippen LogP contribution in [0.2, 0.25) is 0 Å². The molecule has 3 aromatic heterocycles. The van der Waals surface area contributed by atoms with Crippen LogP contribution in [-0.4, -0.2) is 20.2 Å². The number of aryl methyl sites for hydroxylation is 2. The van der Waals surface area contributed by atoms with Crippen LogP contribution >= 0.6 is 0 Å². The average molecular weight is 807 g/mol. The highest BCUT2D eigenvalue weighted by molar-refractivity contribution is 6.13. The van der Waals surface area contributed by atoms with Gasteiger partial charge in [0.15, 0.2) is 0 Å². The Bertz CT molecular complexity index is 3580. The lowest BCUT2D eigenvalue weighted by Crippen LogP contribution is -2.07. The van der Waals surface area contributed by atoms with Crippen molar-refractivity contribution >= 4 is 49.8 Å². The Labute approximate surface area is 366 Å². The maximum atomic E-state index is 5.04. The Kier molecular flexibility index (Phi) is 8.75. The van der Waals surface area contributed by atoms with Gasteiger partial charge in [-0.15, -0.1) is 0 Å². The molecule has 8 aromatic carbocycles. The average Bonchev–Trinajstić information content (AvgIpc) is 4.07. The molecule has 0 amide bonds. The molecule has 0 bridgehead atoms. The van der Waals surface area contributed by atoms with Crippen LogP contribution in [0.3, 0.4) is 0 Å². The fourth-order valence-corrected chi connectivity index (χ4v) is 9.76. The van der Waals surface area contributed by atoms with Crippen LogP contribution in [0.15, 0.2) is 224 Å². The second-order valence-electron chi connectivity index (χ2n) is 16.5. The van der Waals surface area contributed by atoms with Crippen molar-refractivity contribution in [3.05, 3.63) is 230 Å². The Morgan fingerprint density at radius 2 is 0.841 bits per heavy atom. The predicted molar refractivity (Wildman–Crippen MR) is 265 cm³/mol. The molecule has 3 heterocycles. The topological polar surface area (TPSA) is 27.1 Å². The molecule has 0 saturated carbocycles. The van der Waals surface area contributed by atoms with Crippen LogP contribution in [0.25, 0.3) is 99.2 Å². The van der Waals surface area contributed by atoms with E-state index in [2.05, 4.69) is 215 Å². The zero-order valence-corrected chi connectivity index (χ0v) is 34.7. The molecule has 0 unspecified atom stereocenters. The summed E-state index contributed by atoms with van der Waals surface area (Å²) in [5.41, 5.74) is 19.5. The van der Waals surface area contributed by atoms with Crippen molar-refractivity contribution in [1.82, 2.24) is 14.0 Å². The molecule has 1 aliphatic rings. The van der Waals surface area contributed by atoms with Gasteiger partial charge in [0.1, 0.15) is 0 Å². The van der Waals surface area contributed by atoms with Gasteiger partial charge in [0.25, 0.3) is 0 Å². The van der Waals surface area contributed by atoms with E-state index in [9.17, 15) is 0 Å². The van der Waals surface area contributed by atoms with Gasteiger partial charge in [-0.1, -0.05) is 140 Å². The third kappa shape index (κ3) is 6.26. The smallest absolute Gasteiger partial charge is 0.0738 e. The van der Waals surface area contributed by atoms with Gasteiger partial charge in [-0.2, -0.15) is 5.10 Å². The molecule has 4 nitrogen and oxygen atoms in total. The van der Waals surface area contributed by atoms with Crippen molar-refractivity contribution in [2.75, 3.05) is 0 Å². The van der Waals surface area contributed by atoms with Crippen LogP contribution < -0.4 is 0 Å². The summed E-state index contributed by atoms with van der Waals surface area (Å²) in [7, 11) is 0. The fraction of sp³-hybridized carbons (Fsp3) is 0.0339. The lowest BCUT2D eigenvalue weighted by Gasteiger charge is -2.21. The number of fused-ring (bicyclic) bond motifs is 9. The van der Waals surface area contributed by atoms with Gasteiger partial charge in [0, 0.05) is 40.2 Å². The van der Waals surface area contributed by atoms with Gasteiger partial charge < -0.3 is 0 Å². The van der Waals surface area contributed by atoms with Crippen molar-refractivity contribution in [3.8, 4) is 55.6 Å². The molecule has 63 heavy (non-hydrogen) atoms. The van der Waals surface area contributed by atoms with E-state index >= 15 is 0 Å². The summed E-state index contributed by atoms with van der Waals surface area (Å²) >= 11 is 0. The SMILES string of the molecule is C=C/C=C\C=N/n1c2ccc(-c3ccc(-c4ccccc4)cc3)cc2c2cc3c(cc21)-c1cc2c(cc1CC3)c1cc(-c3ccc(-c4ccccc4)cc3)ccc1n2-n1cccc1. The molecule has 1 aliphatic carbocycles. The number of hydrogen-bond acceptors (Lipinski definition) is 1. The maximum absolute atomic E-state index is 5.04. The molecule has 0 spiro atoms. The van der Waals surface area contributed by atoms with E-state index in [1.54, 1.807) is 6.08 Å². The van der Waals surface area contributed by atoms with Gasteiger partial charge in [0.05, 0.1) is 22.1 Å². The standard InChI is InChI=1S/C59H42N4/c1-2-3-10-31-60-62-56-29-27-46(44-21-17-42(18-22-44)40-13-6-4-7-14-40)34-52(56)54-36-48-25-26-49-37-55-53-35-47(45-23-19-43(20-24-45)41-15-8-5-9-16-41)28-30-57(53)63(61-32-11-12-33-61)59(55)39-51(49)50(48)38-58(54)62/h2-24,27-39H,1,25-26H2/b10-3-,60-31-. The zero-order valence-electron chi connectivity index (χ0n) is 34.7. The number of nitrogens with zero attached hydrogens (tertiary/aromatic N) is 4. The van der Waals surface area contributed by atoms with Gasteiger partial charge in [-0.05, 0) is 146 Å². The first-order valence-corrected chi connectivity index (χ1v) is 21.7. The minimum absolute atomic E-state index is 0.970. The molecule has 0 fully saturated rings. The fourth-order valence-electron chi connectivity index (χ4n) is 9.76. The van der Waals surface area contributed by atoms with E-state index in [4.69, 9.17) is 5.10 Å². The van der Waals surface area contributed by atoms with Crippen molar-refractivity contribution in [2.45, 2.75) is 12.8 Å². The summed E-state index contributed by atoms with van der Waals surface area (Å²) in [5.74, 6) is 0. The molecule has 12 rings (SSSR count). The summed E-state index contributed by atoms with van der Waals surface area (Å²) in [5, 5.41) is 9.97. The van der Waals surface area contributed by atoms with E-state index in [0.717, 1.165) is 23.9 Å². The van der Waals surface area contributed by atoms with Crippen molar-refractivity contribution in [3.63, 3.8) is 0 Å². The molecule has 0 saturated heterocycles. The van der Waals surface area contributed by atoms with Gasteiger partial charge >= 0.3 is 0 Å². The number of aromatic nitrogens is 3. The minimum atomic E-state index is 0.970. The first kappa shape index (κ1) is 36.6. The molecule has 11 aromatic rings. The van der Waals surface area contributed by atoms with E-state index in [0.29, 0.717) is 0 Å². The largest absolute Gasteiger partial charge is 0.264 e. The summed E-state index contributed by atoms with van der Waals surface area (Å²) in [4.78, 5) is 0. The highest BCUT2D eigenvalue weighted by Crippen LogP contribution is 2.44. The summed E-state index contributed by atoms with van der Waals surface area (Å²) in [6.07, 6.45) is 13.7. The third-order valence-corrected chi connectivity index (χ3v) is 12.9. The quantitative estimate of drug-likeness (QED) is 0.108. The predicted octanol–water partition coefficient (Wildman–Crippen LogP) is 15.0. The highest BCUT2D eigenvalue weighted by atomic mass is 15.4. The molecular weight excluding hydrogens is 765 g/mol. The number of allylic oxidation sites excluding steroid dienone is 3. The third-order valence-electron chi connectivity index (χ3n) is 12.9. The van der Waals surface area contributed by atoms with Gasteiger partial charge in [0.2, 0.25) is 0 Å². The van der Waals surface area contributed by atoms with E-state index in [-0.39, 0.29) is 0 Å². The monoisotopic (exact) mass is 806 g/mol.